The highest BCUT2D eigenvalue weighted by molar-refractivity contribution is 6.93. The van der Waals surface area contributed by atoms with Crippen molar-refractivity contribution >= 4 is 96.4 Å². The molecule has 0 unspecified atom stereocenters. The molecule has 0 amide bonds. The lowest BCUT2D eigenvalue weighted by molar-refractivity contribution is 0.590. The van der Waals surface area contributed by atoms with Crippen LogP contribution in [0.1, 0.15) is 157 Å². The zero-order valence-corrected chi connectivity index (χ0v) is 53.0. The number of benzene rings is 9. The van der Waals surface area contributed by atoms with Crippen LogP contribution in [0.15, 0.2) is 185 Å². The fourth-order valence-electron chi connectivity index (χ4n) is 14.0. The van der Waals surface area contributed by atoms with Crippen LogP contribution in [0.3, 0.4) is 0 Å². The van der Waals surface area contributed by atoms with Crippen molar-refractivity contribution in [3.63, 3.8) is 0 Å². The molecule has 0 radical (unpaired) electrons. The Morgan fingerprint density at radius 1 is 0.388 bits per heavy atom. The zero-order valence-electron chi connectivity index (χ0n) is 53.0. The minimum Gasteiger partial charge on any atom is -0.466 e. The summed E-state index contributed by atoms with van der Waals surface area (Å²) in [6, 6.07) is 67.3. The van der Waals surface area contributed by atoms with Gasteiger partial charge in [0.15, 0.2) is 5.58 Å². The molecule has 5 nitrogen and oxygen atoms in total. The van der Waals surface area contributed by atoms with E-state index in [1.807, 2.05) is 0 Å². The number of nitrogens with zero attached hydrogens (tertiary/aromatic N) is 3. The summed E-state index contributed by atoms with van der Waals surface area (Å²) in [4.78, 5) is 7.56. The molecular formula is C79H80BN3O2. The van der Waals surface area contributed by atoms with Gasteiger partial charge >= 0.3 is 6.85 Å². The smallest absolute Gasteiger partial charge is 0.376 e. The molecule has 0 fully saturated rings. The van der Waals surface area contributed by atoms with Crippen molar-refractivity contribution < 1.29 is 8.83 Å². The summed E-state index contributed by atoms with van der Waals surface area (Å²) >= 11 is 0. The molecule has 6 heteroatoms. The van der Waals surface area contributed by atoms with Gasteiger partial charge in [0.25, 0.3) is 0 Å². The summed E-state index contributed by atoms with van der Waals surface area (Å²) in [7, 11) is 0. The molecule has 1 aliphatic carbocycles. The topological polar surface area (TPSA) is 36.0 Å². The fraction of sp³-hybridized carbons (Fsp3) is 0.291. The van der Waals surface area contributed by atoms with Gasteiger partial charge in [-0.05, 0) is 185 Å². The van der Waals surface area contributed by atoms with E-state index in [4.69, 9.17) is 8.83 Å². The Morgan fingerprint density at radius 3 is 1.45 bits per heavy atom. The second-order valence-corrected chi connectivity index (χ2v) is 30.3. The molecule has 0 atom stereocenters. The second-order valence-electron chi connectivity index (χ2n) is 30.3. The van der Waals surface area contributed by atoms with Gasteiger partial charge in [0.2, 0.25) is 0 Å². The van der Waals surface area contributed by atoms with E-state index in [0.717, 1.165) is 89.5 Å². The Morgan fingerprint density at radius 2 is 0.882 bits per heavy atom. The highest BCUT2D eigenvalue weighted by Gasteiger charge is 2.51. The van der Waals surface area contributed by atoms with Crippen molar-refractivity contribution in [2.45, 2.75) is 150 Å². The molecule has 9 aromatic carbocycles. The lowest BCUT2D eigenvalue weighted by Gasteiger charge is -2.44. The molecule has 0 bridgehead atoms. The normalized spacial score (nSPS) is 14.7. The number of anilines is 8. The Kier molecular flexibility index (Phi) is 11.8. The largest absolute Gasteiger partial charge is 0.466 e. The van der Waals surface area contributed by atoms with Crippen LogP contribution in [-0.4, -0.2) is 6.85 Å². The predicted octanol–water partition coefficient (Wildman–Crippen LogP) is 21.3. The minimum atomic E-state index is -0.374. The van der Waals surface area contributed by atoms with E-state index in [1.165, 1.54) is 61.2 Å². The lowest BCUT2D eigenvalue weighted by atomic mass is 9.45. The monoisotopic (exact) mass is 1110 g/mol. The quantitative estimate of drug-likeness (QED) is 0.161. The molecule has 0 saturated carbocycles. The Balaban J connectivity index is 1.07. The van der Waals surface area contributed by atoms with Crippen molar-refractivity contribution in [1.82, 2.24) is 0 Å². The van der Waals surface area contributed by atoms with Crippen LogP contribution in [-0.2, 0) is 32.5 Å². The first-order valence-corrected chi connectivity index (χ1v) is 30.8. The first-order chi connectivity index (χ1) is 40.1. The predicted molar refractivity (Wildman–Crippen MR) is 363 cm³/mol. The average molecular weight is 1110 g/mol. The van der Waals surface area contributed by atoms with Gasteiger partial charge in [-0.25, -0.2) is 0 Å². The van der Waals surface area contributed by atoms with Crippen molar-refractivity contribution in [1.29, 1.82) is 0 Å². The highest BCUT2D eigenvalue weighted by Crippen LogP contribution is 2.58. The second kappa shape index (κ2) is 18.4. The van der Waals surface area contributed by atoms with E-state index in [2.05, 4.69) is 308 Å². The van der Waals surface area contributed by atoms with Gasteiger partial charge in [0.05, 0.1) is 11.4 Å². The van der Waals surface area contributed by atoms with Gasteiger partial charge in [0, 0.05) is 61.3 Å². The van der Waals surface area contributed by atoms with Crippen LogP contribution < -0.4 is 25.7 Å². The third kappa shape index (κ3) is 8.62. The molecule has 3 aliphatic rings. The van der Waals surface area contributed by atoms with E-state index >= 15 is 0 Å². The SMILES string of the molecule is CC(C)(C)c1ccc(N2B3c4oc5ccc(C(C)(C)C)cc5c4N(c4ccc(C(C)(C)C)cc4)c4c3c(cc3c4oc4ccccc43)-c3cc4c(cc32)C(C)(C)c2ccc(N(c3ccc(C(C)(C)C)cc3)c3ccc(C(C)(C)C)cc3)cc2-4)cc1. The number of furan rings is 2. The van der Waals surface area contributed by atoms with Gasteiger partial charge in [0.1, 0.15) is 16.8 Å². The van der Waals surface area contributed by atoms with E-state index in [9.17, 15) is 0 Å². The van der Waals surface area contributed by atoms with E-state index in [0.29, 0.717) is 0 Å². The van der Waals surface area contributed by atoms with Crippen molar-refractivity contribution in [2.24, 2.45) is 0 Å². The van der Waals surface area contributed by atoms with Gasteiger partial charge in [-0.15, -0.1) is 0 Å². The molecule has 2 aliphatic heterocycles. The van der Waals surface area contributed by atoms with Gasteiger partial charge < -0.3 is 23.4 Å². The van der Waals surface area contributed by atoms with Crippen LogP contribution in [0, 0.1) is 0 Å². The third-order valence-corrected chi connectivity index (χ3v) is 19.0. The number of hydrogen-bond donors (Lipinski definition) is 0. The summed E-state index contributed by atoms with van der Waals surface area (Å²) < 4.78 is 14.9. The molecule has 2 aromatic heterocycles. The van der Waals surface area contributed by atoms with Crippen LogP contribution in [0.2, 0.25) is 0 Å². The zero-order chi connectivity index (χ0) is 59.8. The van der Waals surface area contributed by atoms with Crippen molar-refractivity contribution in [3.05, 3.63) is 215 Å². The maximum atomic E-state index is 7.57. The van der Waals surface area contributed by atoms with Gasteiger partial charge in [-0.1, -0.05) is 197 Å². The van der Waals surface area contributed by atoms with Gasteiger partial charge in [-0.3, -0.25) is 0 Å². The Bertz CT molecular complexity index is 4440. The van der Waals surface area contributed by atoms with E-state index in [-0.39, 0.29) is 39.3 Å². The molecule has 426 valence electrons. The standard InChI is InChI=1S/C79H80BN3O2/c1-74(2,3)47-22-31-52(32-23-47)81(53-33-24-48(25-34-53)75(4,5)6)56-39-40-64-58(43-56)59-44-60-61-45-62-57-20-18-19-21-67(57)84-72(62)71-69(61)80(83(66(60)46-65(59)79(64,16)17)55-37-28-50(29-38-55)77(10,11)12)73-70(63-42-51(78(13,14)15)30-41-68(63)85-73)82(71)54-35-26-49(27-36-54)76(7,8)9/h18-46H,1-17H3. The maximum absolute atomic E-state index is 7.57. The summed E-state index contributed by atoms with van der Waals surface area (Å²) in [5.74, 6) is 0. The van der Waals surface area contributed by atoms with Gasteiger partial charge in [-0.2, -0.15) is 0 Å². The van der Waals surface area contributed by atoms with Crippen molar-refractivity contribution in [2.75, 3.05) is 14.6 Å². The first kappa shape index (κ1) is 54.7. The van der Waals surface area contributed by atoms with Crippen LogP contribution >= 0.6 is 0 Å². The number of rotatable bonds is 5. The third-order valence-electron chi connectivity index (χ3n) is 19.0. The maximum Gasteiger partial charge on any atom is 0.376 e. The summed E-state index contributed by atoms with van der Waals surface area (Å²) in [6.07, 6.45) is 0. The first-order valence-electron chi connectivity index (χ1n) is 30.8. The Hall–Kier alpha value is -8.22. The number of hydrogen-bond acceptors (Lipinski definition) is 5. The Labute approximate surface area is 504 Å². The van der Waals surface area contributed by atoms with Crippen LogP contribution in [0.5, 0.6) is 0 Å². The molecule has 0 spiro atoms. The molecule has 11 aromatic rings. The number of para-hydroxylation sites is 1. The molecule has 85 heavy (non-hydrogen) atoms. The minimum absolute atomic E-state index is 0.0280. The lowest BCUT2D eigenvalue weighted by Crippen LogP contribution is -2.61. The fourth-order valence-corrected chi connectivity index (χ4v) is 14.0. The van der Waals surface area contributed by atoms with E-state index in [1.54, 1.807) is 0 Å². The van der Waals surface area contributed by atoms with Crippen molar-refractivity contribution in [3.8, 4) is 22.3 Å². The molecular weight excluding hydrogens is 1030 g/mol. The number of fused-ring (bicyclic) bond motifs is 13. The molecule has 14 rings (SSSR count). The molecule has 0 saturated heterocycles. The summed E-state index contributed by atoms with van der Waals surface area (Å²) in [5.41, 5.74) is 26.9. The summed E-state index contributed by atoms with van der Waals surface area (Å²) in [6.45, 7) is 38.9. The average Bonchev–Trinajstić information content (AvgIpc) is 1.68. The highest BCUT2D eigenvalue weighted by atomic mass is 16.3. The van der Waals surface area contributed by atoms with E-state index < -0.39 is 0 Å². The summed E-state index contributed by atoms with van der Waals surface area (Å²) in [5, 5.41) is 3.27. The molecule has 0 N–H and O–H groups in total. The van der Waals surface area contributed by atoms with Crippen LogP contribution in [0.25, 0.3) is 55.2 Å². The molecule has 4 heterocycles. The van der Waals surface area contributed by atoms with Crippen LogP contribution in [0.4, 0.5) is 45.5 Å².